The highest BCUT2D eigenvalue weighted by Gasteiger charge is 2.33. The fourth-order valence-electron chi connectivity index (χ4n) is 1.86. The van der Waals surface area contributed by atoms with Crippen LogP contribution in [0.15, 0.2) is 24.3 Å². The number of rotatable bonds is 5. The number of carbonyl (C=O) groups is 1. The third-order valence-corrected chi connectivity index (χ3v) is 3.80. The van der Waals surface area contributed by atoms with Gasteiger partial charge in [0.05, 0.1) is 11.3 Å². The summed E-state index contributed by atoms with van der Waals surface area (Å²) in [7, 11) is 0. The second kappa shape index (κ2) is 7.96. The molecule has 2 rings (SSSR count). The quantitative estimate of drug-likeness (QED) is 0.451. The van der Waals surface area contributed by atoms with E-state index in [9.17, 15) is 22.4 Å². The summed E-state index contributed by atoms with van der Waals surface area (Å²) in [5.41, 5.74) is 3.95. The molecule has 0 spiro atoms. The van der Waals surface area contributed by atoms with Gasteiger partial charge >= 0.3 is 12.1 Å². The van der Waals surface area contributed by atoms with Crippen LogP contribution in [0.1, 0.15) is 11.1 Å². The molecule has 0 radical (unpaired) electrons. The number of benzene rings is 1. The van der Waals surface area contributed by atoms with Crippen molar-refractivity contribution in [3.8, 4) is 5.88 Å². The molecule has 1 aromatic heterocycles. The number of nitrogens with two attached hydrogens (primary N) is 1. The van der Waals surface area contributed by atoms with Crippen LogP contribution in [0.3, 0.4) is 0 Å². The predicted octanol–water partition coefficient (Wildman–Crippen LogP) is 4.25. The molecule has 26 heavy (non-hydrogen) atoms. The van der Waals surface area contributed by atoms with Crippen LogP contribution < -0.4 is 10.5 Å². The zero-order valence-electron chi connectivity index (χ0n) is 12.7. The van der Waals surface area contributed by atoms with Crippen molar-refractivity contribution in [3.05, 3.63) is 51.4 Å². The van der Waals surface area contributed by atoms with Crippen LogP contribution in [0, 0.1) is 5.95 Å². The van der Waals surface area contributed by atoms with E-state index >= 15 is 0 Å². The second-order valence-corrected chi connectivity index (χ2v) is 5.61. The Morgan fingerprint density at radius 2 is 1.85 bits per heavy atom. The molecule has 0 aliphatic rings. The number of aromatic nitrogens is 1. The van der Waals surface area contributed by atoms with Gasteiger partial charge in [-0.25, -0.2) is 4.79 Å². The Morgan fingerprint density at radius 1 is 1.19 bits per heavy atom. The smallest absolute Gasteiger partial charge is 0.416 e. The van der Waals surface area contributed by atoms with E-state index in [2.05, 4.69) is 4.98 Å². The molecule has 0 aliphatic heterocycles. The number of pyridine rings is 1. The average molecular weight is 413 g/mol. The number of hydrogen-bond acceptors (Lipinski definition) is 5. The lowest BCUT2D eigenvalue weighted by atomic mass is 10.1. The molecular weight excluding hydrogens is 403 g/mol. The molecule has 0 atom stereocenters. The van der Waals surface area contributed by atoms with E-state index in [1.165, 1.54) is 18.2 Å². The van der Waals surface area contributed by atoms with Crippen LogP contribution in [0.25, 0.3) is 0 Å². The lowest BCUT2D eigenvalue weighted by Gasteiger charge is -2.13. The van der Waals surface area contributed by atoms with Gasteiger partial charge in [0.2, 0.25) is 11.8 Å². The molecule has 5 nitrogen and oxygen atoms in total. The van der Waals surface area contributed by atoms with Crippen molar-refractivity contribution in [2.45, 2.75) is 12.8 Å². The van der Waals surface area contributed by atoms with E-state index in [1.54, 1.807) is 0 Å². The first-order chi connectivity index (χ1) is 12.1. The van der Waals surface area contributed by atoms with Gasteiger partial charge in [-0.05, 0) is 6.07 Å². The molecule has 2 N–H and O–H groups in total. The summed E-state index contributed by atoms with van der Waals surface area (Å²) in [6.07, 6.45) is -4.59. The number of ether oxygens (including phenoxy) is 2. The summed E-state index contributed by atoms with van der Waals surface area (Å²) in [5, 5.41) is -0.819. The highest BCUT2D eigenvalue weighted by Crippen LogP contribution is 2.35. The van der Waals surface area contributed by atoms with Gasteiger partial charge in [-0.1, -0.05) is 41.4 Å². The van der Waals surface area contributed by atoms with Gasteiger partial charge in [-0.2, -0.15) is 22.5 Å². The Bertz CT molecular complexity index is 831. The maximum atomic E-state index is 13.4. The Morgan fingerprint density at radius 3 is 2.50 bits per heavy atom. The van der Waals surface area contributed by atoms with Crippen molar-refractivity contribution in [3.63, 3.8) is 0 Å². The van der Waals surface area contributed by atoms with Gasteiger partial charge in [0.1, 0.15) is 16.7 Å². The molecule has 11 heteroatoms. The summed E-state index contributed by atoms with van der Waals surface area (Å²) < 4.78 is 61.5. The third-order valence-electron chi connectivity index (χ3n) is 3.08. The minimum absolute atomic E-state index is 0.230. The minimum atomic E-state index is -4.59. The highest BCUT2D eigenvalue weighted by atomic mass is 35.5. The van der Waals surface area contributed by atoms with Crippen molar-refractivity contribution in [2.75, 3.05) is 12.3 Å². The molecule has 1 aromatic carbocycles. The molecule has 1 heterocycles. The molecule has 0 saturated heterocycles. The Balaban J connectivity index is 1.99. The number of esters is 1. The predicted molar refractivity (Wildman–Crippen MR) is 85.4 cm³/mol. The number of halogens is 6. The topological polar surface area (TPSA) is 74.4 Å². The van der Waals surface area contributed by atoms with Crippen molar-refractivity contribution in [1.29, 1.82) is 0 Å². The van der Waals surface area contributed by atoms with E-state index in [0.29, 0.717) is 0 Å². The monoisotopic (exact) mass is 412 g/mol. The van der Waals surface area contributed by atoms with Crippen molar-refractivity contribution in [1.82, 2.24) is 4.98 Å². The van der Waals surface area contributed by atoms with E-state index in [0.717, 1.165) is 6.07 Å². The number of alkyl halides is 3. The number of nitrogen functional groups attached to an aromatic ring is 1. The van der Waals surface area contributed by atoms with Gasteiger partial charge < -0.3 is 15.2 Å². The molecule has 0 saturated carbocycles. The van der Waals surface area contributed by atoms with E-state index < -0.39 is 47.8 Å². The lowest BCUT2D eigenvalue weighted by Crippen LogP contribution is -2.17. The van der Waals surface area contributed by atoms with E-state index in [1.807, 2.05) is 0 Å². The van der Waals surface area contributed by atoms with Crippen LogP contribution >= 0.6 is 23.2 Å². The SMILES string of the molecule is Nc1c(Cl)c(F)nc(OCC(=O)OCc2ccccc2C(F)(F)F)c1Cl. The van der Waals surface area contributed by atoms with Crippen molar-refractivity contribution >= 4 is 34.9 Å². The van der Waals surface area contributed by atoms with Gasteiger partial charge in [-0.15, -0.1) is 0 Å². The van der Waals surface area contributed by atoms with Crippen molar-refractivity contribution < 1.29 is 31.8 Å². The molecule has 2 aromatic rings. The van der Waals surface area contributed by atoms with Gasteiger partial charge in [0.15, 0.2) is 6.61 Å². The average Bonchev–Trinajstić information content (AvgIpc) is 2.59. The number of anilines is 1. The fraction of sp³-hybridized carbons (Fsp3) is 0.200. The van der Waals surface area contributed by atoms with Crippen LogP contribution in [0.2, 0.25) is 10.0 Å². The molecule has 140 valence electrons. The number of hydrogen-bond donors (Lipinski definition) is 1. The van der Waals surface area contributed by atoms with E-state index in [4.69, 9.17) is 38.4 Å². The normalized spacial score (nSPS) is 11.3. The number of carbonyl (C=O) groups excluding carboxylic acids is 1. The molecule has 0 fully saturated rings. The zero-order valence-corrected chi connectivity index (χ0v) is 14.3. The van der Waals surface area contributed by atoms with Crippen LogP contribution in [-0.2, 0) is 22.3 Å². The maximum Gasteiger partial charge on any atom is 0.416 e. The van der Waals surface area contributed by atoms with Crippen LogP contribution in [-0.4, -0.2) is 17.6 Å². The molecule has 0 unspecified atom stereocenters. The highest BCUT2D eigenvalue weighted by molar-refractivity contribution is 6.39. The zero-order chi connectivity index (χ0) is 19.5. The van der Waals surface area contributed by atoms with Crippen molar-refractivity contribution in [2.24, 2.45) is 0 Å². The standard InChI is InChI=1S/C15H10Cl2F4N2O3/c16-10-12(22)11(17)14(23-13(10)18)26-6-9(24)25-5-7-3-1-2-4-8(7)15(19,20)21/h1-4H,5-6H2,(H2,22,23). The van der Waals surface area contributed by atoms with Gasteiger partial charge in [0.25, 0.3) is 0 Å². The largest absolute Gasteiger partial charge is 0.464 e. The first kappa shape index (κ1) is 20.1. The van der Waals surface area contributed by atoms with Gasteiger partial charge in [0, 0.05) is 5.56 Å². The third kappa shape index (κ3) is 4.67. The fourth-order valence-corrected chi connectivity index (χ4v) is 2.23. The van der Waals surface area contributed by atoms with Crippen LogP contribution in [0.5, 0.6) is 5.88 Å². The molecule has 0 aliphatic carbocycles. The molecule has 0 bridgehead atoms. The second-order valence-electron chi connectivity index (χ2n) is 4.85. The Kier molecular flexibility index (Phi) is 6.14. The lowest BCUT2D eigenvalue weighted by molar-refractivity contribution is -0.149. The van der Waals surface area contributed by atoms with Crippen LogP contribution in [0.4, 0.5) is 23.2 Å². The maximum absolute atomic E-state index is 13.4. The summed E-state index contributed by atoms with van der Waals surface area (Å²) in [5.74, 6) is -2.68. The Hall–Kier alpha value is -2.26. The summed E-state index contributed by atoms with van der Waals surface area (Å²) in [6.45, 7) is -1.41. The summed E-state index contributed by atoms with van der Waals surface area (Å²) in [4.78, 5) is 14.9. The first-order valence-electron chi connectivity index (χ1n) is 6.84. The first-order valence-corrected chi connectivity index (χ1v) is 7.60. The molecular formula is C15H10Cl2F4N2O3. The minimum Gasteiger partial charge on any atom is -0.464 e. The van der Waals surface area contributed by atoms with Gasteiger partial charge in [-0.3, -0.25) is 0 Å². The van der Waals surface area contributed by atoms with E-state index in [-0.39, 0.29) is 16.3 Å². The summed E-state index contributed by atoms with van der Waals surface area (Å²) in [6, 6.07) is 4.62. The summed E-state index contributed by atoms with van der Waals surface area (Å²) >= 11 is 11.3. The Labute approximate surface area is 154 Å². The number of nitrogens with zero attached hydrogens (tertiary/aromatic N) is 1. The molecule has 0 amide bonds.